The third kappa shape index (κ3) is 1.94. The lowest BCUT2D eigenvalue weighted by Gasteiger charge is -2.18. The molecule has 56 valence electrons. The van der Waals surface area contributed by atoms with Crippen molar-refractivity contribution in [3.63, 3.8) is 0 Å². The van der Waals surface area contributed by atoms with Gasteiger partial charge in [0.05, 0.1) is 0 Å². The lowest BCUT2D eigenvalue weighted by atomic mass is 10.7. The van der Waals surface area contributed by atoms with E-state index in [9.17, 15) is 0 Å². The van der Waals surface area contributed by atoms with Crippen LogP contribution in [0.3, 0.4) is 0 Å². The summed E-state index contributed by atoms with van der Waals surface area (Å²) in [5.74, 6) is 0.655. The van der Waals surface area contributed by atoms with Crippen LogP contribution in [0.25, 0.3) is 0 Å². The van der Waals surface area contributed by atoms with Crippen LogP contribution in [0, 0.1) is 11.5 Å². The van der Waals surface area contributed by atoms with Crippen molar-refractivity contribution in [2.24, 2.45) is 4.99 Å². The fraction of sp³-hybridized carbons (Fsp3) is 0.667. The molecule has 0 N–H and O–H groups in total. The van der Waals surface area contributed by atoms with E-state index in [-0.39, 0.29) is 0 Å². The van der Waals surface area contributed by atoms with E-state index < -0.39 is 0 Å². The maximum Gasteiger partial charge on any atom is 0.208 e. The number of guanidine groups is 1. The Morgan fingerprint density at radius 2 is 1.90 bits per heavy atom. The standard InChI is InChI=1S/C6H12N4/c1-8-6(9(2)3)10(4)5-7/h1-4H3/b8-6+. The van der Waals surface area contributed by atoms with Crippen LogP contribution >= 0.6 is 0 Å². The van der Waals surface area contributed by atoms with Crippen LogP contribution < -0.4 is 0 Å². The quantitative estimate of drug-likeness (QED) is 0.205. The molecule has 10 heavy (non-hydrogen) atoms. The van der Waals surface area contributed by atoms with Gasteiger partial charge < -0.3 is 4.90 Å². The molecule has 0 aromatic rings. The number of nitriles is 1. The zero-order valence-corrected chi connectivity index (χ0v) is 6.79. The van der Waals surface area contributed by atoms with Crippen LogP contribution in [0.2, 0.25) is 0 Å². The average molecular weight is 140 g/mol. The van der Waals surface area contributed by atoms with Crippen molar-refractivity contribution in [2.45, 2.75) is 0 Å². The molecule has 0 amide bonds. The van der Waals surface area contributed by atoms with Gasteiger partial charge in [-0.25, -0.2) is 0 Å². The Balaban J connectivity index is 4.27. The van der Waals surface area contributed by atoms with Gasteiger partial charge in [0.25, 0.3) is 0 Å². The van der Waals surface area contributed by atoms with Crippen LogP contribution in [0.15, 0.2) is 4.99 Å². The summed E-state index contributed by atoms with van der Waals surface area (Å²) in [6.07, 6.45) is 1.96. The molecule has 0 atom stereocenters. The number of hydrogen-bond donors (Lipinski definition) is 0. The average Bonchev–Trinajstić information content (AvgIpc) is 1.88. The second kappa shape index (κ2) is 3.72. The van der Waals surface area contributed by atoms with E-state index in [0.29, 0.717) is 5.96 Å². The molecule has 0 unspecified atom stereocenters. The summed E-state index contributed by atoms with van der Waals surface area (Å²) in [4.78, 5) is 7.09. The Bertz CT molecular complexity index is 165. The molecule has 4 heteroatoms. The fourth-order valence-electron chi connectivity index (χ4n) is 0.695. The minimum Gasteiger partial charge on any atom is -0.348 e. The van der Waals surface area contributed by atoms with Gasteiger partial charge in [0, 0.05) is 28.2 Å². The molecule has 0 saturated heterocycles. The van der Waals surface area contributed by atoms with Crippen molar-refractivity contribution < 1.29 is 0 Å². The molecule has 0 aromatic heterocycles. The summed E-state index contributed by atoms with van der Waals surface area (Å²) in [6, 6.07) is 0. The van der Waals surface area contributed by atoms with E-state index in [4.69, 9.17) is 5.26 Å². The third-order valence-corrected chi connectivity index (χ3v) is 1.05. The van der Waals surface area contributed by atoms with Crippen LogP contribution in [0.4, 0.5) is 0 Å². The maximum absolute atomic E-state index is 8.45. The molecular formula is C6H12N4. The van der Waals surface area contributed by atoms with Crippen LogP contribution in [0.1, 0.15) is 0 Å². The summed E-state index contributed by atoms with van der Waals surface area (Å²) >= 11 is 0. The minimum absolute atomic E-state index is 0.655. The van der Waals surface area contributed by atoms with Gasteiger partial charge in [-0.2, -0.15) is 5.26 Å². The number of nitrogens with zero attached hydrogens (tertiary/aromatic N) is 4. The Kier molecular flexibility index (Phi) is 3.26. The molecule has 0 spiro atoms. The first-order valence-corrected chi connectivity index (χ1v) is 2.91. The first-order chi connectivity index (χ1) is 4.63. The van der Waals surface area contributed by atoms with Crippen LogP contribution in [0.5, 0.6) is 0 Å². The Morgan fingerprint density at radius 3 is 2.00 bits per heavy atom. The monoisotopic (exact) mass is 140 g/mol. The largest absolute Gasteiger partial charge is 0.348 e. The van der Waals surface area contributed by atoms with Gasteiger partial charge in [-0.05, 0) is 0 Å². The second-order valence-corrected chi connectivity index (χ2v) is 2.08. The van der Waals surface area contributed by atoms with Crippen LogP contribution in [-0.2, 0) is 0 Å². The van der Waals surface area contributed by atoms with Crippen molar-refractivity contribution in [2.75, 3.05) is 28.2 Å². The smallest absolute Gasteiger partial charge is 0.208 e. The first-order valence-electron chi connectivity index (χ1n) is 2.91. The molecule has 0 radical (unpaired) electrons. The van der Waals surface area contributed by atoms with Crippen molar-refractivity contribution in [1.29, 1.82) is 5.26 Å². The van der Waals surface area contributed by atoms with Crippen LogP contribution in [-0.4, -0.2) is 44.0 Å². The van der Waals surface area contributed by atoms with Gasteiger partial charge in [0.2, 0.25) is 5.96 Å². The SMILES string of the molecule is C/N=C(\N(C)C)N(C)C#N. The zero-order valence-electron chi connectivity index (χ0n) is 6.79. The van der Waals surface area contributed by atoms with E-state index in [1.807, 2.05) is 20.3 Å². The highest BCUT2D eigenvalue weighted by Crippen LogP contribution is 1.87. The summed E-state index contributed by atoms with van der Waals surface area (Å²) in [6.45, 7) is 0. The molecule has 0 bridgehead atoms. The van der Waals surface area contributed by atoms with Gasteiger partial charge in [0.15, 0.2) is 6.19 Å². The lowest BCUT2D eigenvalue weighted by Crippen LogP contribution is -2.34. The summed E-state index contributed by atoms with van der Waals surface area (Å²) < 4.78 is 0. The molecule has 0 aliphatic carbocycles. The summed E-state index contributed by atoms with van der Waals surface area (Å²) in [5.41, 5.74) is 0. The highest BCUT2D eigenvalue weighted by atomic mass is 15.3. The molecule has 0 aromatic carbocycles. The van der Waals surface area contributed by atoms with E-state index >= 15 is 0 Å². The number of aliphatic imine (C=N–C) groups is 1. The first kappa shape index (κ1) is 8.76. The van der Waals surface area contributed by atoms with Gasteiger partial charge >= 0.3 is 0 Å². The van der Waals surface area contributed by atoms with E-state index in [1.165, 1.54) is 4.90 Å². The third-order valence-electron chi connectivity index (χ3n) is 1.05. The molecule has 0 rings (SSSR count). The maximum atomic E-state index is 8.45. The van der Waals surface area contributed by atoms with Crippen molar-refractivity contribution in [3.8, 4) is 6.19 Å². The minimum atomic E-state index is 0.655. The van der Waals surface area contributed by atoms with Crippen molar-refractivity contribution >= 4 is 5.96 Å². The van der Waals surface area contributed by atoms with Gasteiger partial charge in [0.1, 0.15) is 0 Å². The number of rotatable bonds is 0. The Hall–Kier alpha value is -1.24. The molecular weight excluding hydrogens is 128 g/mol. The van der Waals surface area contributed by atoms with Crippen molar-refractivity contribution in [3.05, 3.63) is 0 Å². The summed E-state index contributed by atoms with van der Waals surface area (Å²) in [7, 11) is 7.01. The summed E-state index contributed by atoms with van der Waals surface area (Å²) in [5, 5.41) is 8.45. The highest BCUT2D eigenvalue weighted by Gasteiger charge is 2.04. The van der Waals surface area contributed by atoms with Crippen molar-refractivity contribution in [1.82, 2.24) is 9.80 Å². The predicted octanol–water partition coefficient (Wildman–Crippen LogP) is -0.0533. The molecule has 0 saturated carbocycles. The lowest BCUT2D eigenvalue weighted by molar-refractivity contribution is 0.518. The molecule has 0 aliphatic rings. The fourth-order valence-corrected chi connectivity index (χ4v) is 0.695. The predicted molar refractivity (Wildman–Crippen MR) is 40.4 cm³/mol. The van der Waals surface area contributed by atoms with Gasteiger partial charge in [-0.15, -0.1) is 0 Å². The van der Waals surface area contributed by atoms with Gasteiger partial charge in [-0.1, -0.05) is 0 Å². The Labute approximate surface area is 61.4 Å². The normalized spacial score (nSPS) is 10.5. The molecule has 0 fully saturated rings. The topological polar surface area (TPSA) is 42.6 Å². The Morgan fingerprint density at radius 1 is 1.40 bits per heavy atom. The zero-order chi connectivity index (χ0) is 8.15. The molecule has 0 aliphatic heterocycles. The molecule has 4 nitrogen and oxygen atoms in total. The van der Waals surface area contributed by atoms with E-state index in [1.54, 1.807) is 19.0 Å². The van der Waals surface area contributed by atoms with E-state index in [2.05, 4.69) is 4.99 Å². The van der Waals surface area contributed by atoms with E-state index in [0.717, 1.165) is 0 Å². The molecule has 0 heterocycles. The highest BCUT2D eigenvalue weighted by molar-refractivity contribution is 5.80. The second-order valence-electron chi connectivity index (χ2n) is 2.08. The van der Waals surface area contributed by atoms with Gasteiger partial charge in [-0.3, -0.25) is 9.89 Å². The number of hydrogen-bond acceptors (Lipinski definition) is 2.